The van der Waals surface area contributed by atoms with E-state index in [-0.39, 0.29) is 5.91 Å². The van der Waals surface area contributed by atoms with Crippen LogP contribution in [0.25, 0.3) is 0 Å². The summed E-state index contributed by atoms with van der Waals surface area (Å²) in [6, 6.07) is 15.5. The average molecular weight is 387 g/mol. The molecule has 2 N–H and O–H groups in total. The van der Waals surface area contributed by atoms with E-state index in [2.05, 4.69) is 21.7 Å². The van der Waals surface area contributed by atoms with E-state index in [1.165, 1.54) is 0 Å². The number of aliphatic imine (C=N–C) groups is 1. The molecule has 2 aromatic carbocycles. The van der Waals surface area contributed by atoms with Crippen molar-refractivity contribution in [1.29, 1.82) is 0 Å². The number of amides is 1. The molecule has 0 heterocycles. The van der Waals surface area contributed by atoms with Crippen molar-refractivity contribution in [3.05, 3.63) is 70.2 Å². The molecule has 2 rings (SSSR count). The van der Waals surface area contributed by atoms with Gasteiger partial charge in [-0.05, 0) is 42.2 Å². The third-order valence-corrected chi connectivity index (χ3v) is 4.53. The highest BCUT2D eigenvalue weighted by atomic mass is 35.5. The summed E-state index contributed by atoms with van der Waals surface area (Å²) in [6.45, 7) is 1.45. The lowest BCUT2D eigenvalue weighted by Crippen LogP contribution is -2.37. The number of nitrogens with one attached hydrogen (secondary N) is 2. The van der Waals surface area contributed by atoms with Gasteiger partial charge in [-0.25, -0.2) is 0 Å². The molecule has 2 aromatic rings. The van der Waals surface area contributed by atoms with Crippen LogP contribution >= 0.6 is 11.6 Å². The standard InChI is InChI=1S/C21H27ClN4O/c1-23-21(24-14-6-8-17-7-4-5-9-19(17)22)25-15-16-10-12-18(13-11-16)20(27)26(2)3/h4-5,7,9-13H,6,8,14-15H2,1-3H3,(H2,23,24,25). The SMILES string of the molecule is CN=C(NCCCc1ccccc1Cl)NCc1ccc(C(=O)N(C)C)cc1. The summed E-state index contributed by atoms with van der Waals surface area (Å²) < 4.78 is 0. The van der Waals surface area contributed by atoms with Crippen molar-refractivity contribution >= 4 is 23.5 Å². The summed E-state index contributed by atoms with van der Waals surface area (Å²) in [5.41, 5.74) is 2.94. The van der Waals surface area contributed by atoms with Crippen molar-refractivity contribution < 1.29 is 4.79 Å². The highest BCUT2D eigenvalue weighted by molar-refractivity contribution is 6.31. The maximum absolute atomic E-state index is 11.9. The first-order valence-electron chi connectivity index (χ1n) is 8.99. The molecule has 0 aromatic heterocycles. The normalized spacial score (nSPS) is 11.2. The average Bonchev–Trinajstić information content (AvgIpc) is 2.68. The molecule has 1 amide bonds. The fourth-order valence-corrected chi connectivity index (χ4v) is 2.85. The fourth-order valence-electron chi connectivity index (χ4n) is 2.62. The monoisotopic (exact) mass is 386 g/mol. The Balaban J connectivity index is 1.75. The van der Waals surface area contributed by atoms with Gasteiger partial charge < -0.3 is 15.5 Å². The Morgan fingerprint density at radius 3 is 2.41 bits per heavy atom. The minimum atomic E-state index is 0.00510. The van der Waals surface area contributed by atoms with Gasteiger partial charge in [-0.2, -0.15) is 0 Å². The molecule has 0 spiro atoms. The van der Waals surface area contributed by atoms with Crippen LogP contribution < -0.4 is 10.6 Å². The van der Waals surface area contributed by atoms with E-state index in [0.29, 0.717) is 12.1 Å². The number of benzene rings is 2. The number of hydrogen-bond donors (Lipinski definition) is 2. The number of guanidine groups is 1. The number of nitrogens with zero attached hydrogens (tertiary/aromatic N) is 2. The molecule has 0 fully saturated rings. The largest absolute Gasteiger partial charge is 0.356 e. The van der Waals surface area contributed by atoms with Crippen molar-refractivity contribution in [2.75, 3.05) is 27.7 Å². The predicted octanol–water partition coefficient (Wildman–Crippen LogP) is 3.34. The number of hydrogen-bond acceptors (Lipinski definition) is 2. The zero-order valence-corrected chi connectivity index (χ0v) is 16.9. The third-order valence-electron chi connectivity index (χ3n) is 4.16. The number of carbonyl (C=O) groups excluding carboxylic acids is 1. The minimum absolute atomic E-state index is 0.00510. The zero-order valence-electron chi connectivity index (χ0n) is 16.1. The Hall–Kier alpha value is -2.53. The molecule has 0 atom stereocenters. The molecule has 0 saturated carbocycles. The Bertz CT molecular complexity index is 772. The van der Waals surface area contributed by atoms with E-state index in [1.807, 2.05) is 42.5 Å². The topological polar surface area (TPSA) is 56.7 Å². The summed E-state index contributed by atoms with van der Waals surface area (Å²) in [5, 5.41) is 7.41. The van der Waals surface area contributed by atoms with Crippen molar-refractivity contribution in [1.82, 2.24) is 15.5 Å². The third kappa shape index (κ3) is 6.61. The zero-order chi connectivity index (χ0) is 19.6. The van der Waals surface area contributed by atoms with Crippen LogP contribution in [0.2, 0.25) is 5.02 Å². The highest BCUT2D eigenvalue weighted by Crippen LogP contribution is 2.16. The molecule has 0 radical (unpaired) electrons. The smallest absolute Gasteiger partial charge is 0.253 e. The van der Waals surface area contributed by atoms with Gasteiger partial charge in [0, 0.05) is 44.8 Å². The van der Waals surface area contributed by atoms with Crippen LogP contribution in [-0.2, 0) is 13.0 Å². The number of aryl methyl sites for hydroxylation is 1. The van der Waals surface area contributed by atoms with Gasteiger partial charge in [-0.1, -0.05) is 41.9 Å². The molecule has 0 saturated heterocycles. The lowest BCUT2D eigenvalue weighted by molar-refractivity contribution is 0.0827. The van der Waals surface area contributed by atoms with Crippen molar-refractivity contribution in [2.24, 2.45) is 4.99 Å². The summed E-state index contributed by atoms with van der Waals surface area (Å²) in [7, 11) is 5.25. The maximum atomic E-state index is 11.9. The number of rotatable bonds is 7. The van der Waals surface area contributed by atoms with E-state index in [9.17, 15) is 4.79 Å². The first-order valence-corrected chi connectivity index (χ1v) is 9.37. The Labute approximate surface area is 166 Å². The molecule has 144 valence electrons. The Morgan fingerprint density at radius 2 is 1.78 bits per heavy atom. The van der Waals surface area contributed by atoms with Crippen LogP contribution in [0.15, 0.2) is 53.5 Å². The summed E-state index contributed by atoms with van der Waals surface area (Å²) in [6.07, 6.45) is 1.89. The molecule has 0 aliphatic rings. The van der Waals surface area contributed by atoms with Gasteiger partial charge in [-0.15, -0.1) is 0 Å². The second-order valence-electron chi connectivity index (χ2n) is 6.44. The van der Waals surface area contributed by atoms with Gasteiger partial charge in [0.25, 0.3) is 5.91 Å². The maximum Gasteiger partial charge on any atom is 0.253 e. The molecular weight excluding hydrogens is 360 g/mol. The van der Waals surface area contributed by atoms with Crippen LogP contribution in [0.5, 0.6) is 0 Å². The summed E-state index contributed by atoms with van der Waals surface area (Å²) in [5.74, 6) is 0.758. The van der Waals surface area contributed by atoms with Crippen LogP contribution in [0, 0.1) is 0 Å². The first-order chi connectivity index (χ1) is 13.0. The molecule has 27 heavy (non-hydrogen) atoms. The highest BCUT2D eigenvalue weighted by Gasteiger charge is 2.07. The molecule has 0 aliphatic carbocycles. The molecular formula is C21H27ClN4O. The second kappa shape index (κ2) is 10.6. The Morgan fingerprint density at radius 1 is 1.07 bits per heavy atom. The van der Waals surface area contributed by atoms with E-state index >= 15 is 0 Å². The number of carbonyl (C=O) groups is 1. The molecule has 6 heteroatoms. The predicted molar refractivity (Wildman–Crippen MR) is 112 cm³/mol. The van der Waals surface area contributed by atoms with Crippen LogP contribution in [0.4, 0.5) is 0 Å². The second-order valence-corrected chi connectivity index (χ2v) is 6.85. The van der Waals surface area contributed by atoms with Crippen molar-refractivity contribution in [2.45, 2.75) is 19.4 Å². The van der Waals surface area contributed by atoms with E-state index in [0.717, 1.165) is 41.5 Å². The van der Waals surface area contributed by atoms with Crippen molar-refractivity contribution in [3.8, 4) is 0 Å². The summed E-state index contributed by atoms with van der Waals surface area (Å²) in [4.78, 5) is 17.7. The molecule has 0 bridgehead atoms. The number of halogens is 1. The van der Waals surface area contributed by atoms with Crippen LogP contribution in [-0.4, -0.2) is 44.5 Å². The van der Waals surface area contributed by atoms with Gasteiger partial charge in [0.15, 0.2) is 5.96 Å². The lowest BCUT2D eigenvalue weighted by Gasteiger charge is -2.13. The van der Waals surface area contributed by atoms with Gasteiger partial charge in [0.05, 0.1) is 0 Å². The quantitative estimate of drug-likeness (QED) is 0.436. The summed E-state index contributed by atoms with van der Waals surface area (Å²) >= 11 is 6.18. The van der Waals surface area contributed by atoms with E-state index < -0.39 is 0 Å². The van der Waals surface area contributed by atoms with Gasteiger partial charge in [0.1, 0.15) is 0 Å². The van der Waals surface area contributed by atoms with Crippen molar-refractivity contribution in [3.63, 3.8) is 0 Å². The van der Waals surface area contributed by atoms with Gasteiger partial charge in [-0.3, -0.25) is 9.79 Å². The fraction of sp³-hybridized carbons (Fsp3) is 0.333. The van der Waals surface area contributed by atoms with Crippen LogP contribution in [0.3, 0.4) is 0 Å². The van der Waals surface area contributed by atoms with Crippen LogP contribution in [0.1, 0.15) is 27.9 Å². The van der Waals surface area contributed by atoms with E-state index in [4.69, 9.17) is 11.6 Å². The minimum Gasteiger partial charge on any atom is -0.356 e. The lowest BCUT2D eigenvalue weighted by atomic mass is 10.1. The van der Waals surface area contributed by atoms with E-state index in [1.54, 1.807) is 26.0 Å². The van der Waals surface area contributed by atoms with Gasteiger partial charge >= 0.3 is 0 Å². The van der Waals surface area contributed by atoms with Gasteiger partial charge in [0.2, 0.25) is 0 Å². The molecule has 0 aliphatic heterocycles. The molecule has 0 unspecified atom stereocenters. The molecule has 5 nitrogen and oxygen atoms in total. The Kier molecular flexibility index (Phi) is 8.14. The first kappa shape index (κ1) is 20.8.